The van der Waals surface area contributed by atoms with Crippen molar-refractivity contribution >= 4 is 18.7 Å². The molecular formula is C16H22BNO4. The highest BCUT2D eigenvalue weighted by Crippen LogP contribution is 2.45. The third-order valence-corrected chi connectivity index (χ3v) is 5.06. The van der Waals surface area contributed by atoms with Crippen LogP contribution in [0, 0.1) is 0 Å². The maximum Gasteiger partial charge on any atom is 0.494 e. The molecule has 118 valence electrons. The molecule has 0 unspecified atom stereocenters. The summed E-state index contributed by atoms with van der Waals surface area (Å²) >= 11 is 0. The SMILES string of the molecule is CC1(C)OB(c2cccc(C3(NC(=O)O)CC3)c2)OC1(C)C. The minimum Gasteiger partial charge on any atom is -0.465 e. The summed E-state index contributed by atoms with van der Waals surface area (Å²) in [5.74, 6) is 0. The van der Waals surface area contributed by atoms with Crippen molar-refractivity contribution in [2.24, 2.45) is 0 Å². The van der Waals surface area contributed by atoms with Crippen molar-refractivity contribution in [3.63, 3.8) is 0 Å². The molecule has 0 spiro atoms. The van der Waals surface area contributed by atoms with Gasteiger partial charge < -0.3 is 19.7 Å². The Labute approximate surface area is 131 Å². The summed E-state index contributed by atoms with van der Waals surface area (Å²) in [4.78, 5) is 11.0. The lowest BCUT2D eigenvalue weighted by Crippen LogP contribution is -2.41. The van der Waals surface area contributed by atoms with Crippen molar-refractivity contribution < 1.29 is 19.2 Å². The van der Waals surface area contributed by atoms with Gasteiger partial charge >= 0.3 is 13.2 Å². The molecule has 0 bridgehead atoms. The lowest BCUT2D eigenvalue weighted by molar-refractivity contribution is 0.00578. The standard InChI is InChI=1S/C16H22BNO4/c1-14(2)15(3,4)22-17(21-14)12-7-5-6-11(10-12)16(8-9-16)18-13(19)20/h5-7,10,18H,8-9H2,1-4H3,(H,19,20). The second kappa shape index (κ2) is 4.73. The van der Waals surface area contributed by atoms with E-state index in [2.05, 4.69) is 5.32 Å². The number of hydrogen-bond acceptors (Lipinski definition) is 3. The van der Waals surface area contributed by atoms with Crippen LogP contribution in [0.15, 0.2) is 24.3 Å². The van der Waals surface area contributed by atoms with E-state index >= 15 is 0 Å². The highest BCUT2D eigenvalue weighted by atomic mass is 16.7. The van der Waals surface area contributed by atoms with E-state index in [4.69, 9.17) is 14.4 Å². The van der Waals surface area contributed by atoms with Gasteiger partial charge in [-0.2, -0.15) is 0 Å². The van der Waals surface area contributed by atoms with Crippen LogP contribution in [0.1, 0.15) is 46.1 Å². The molecule has 5 nitrogen and oxygen atoms in total. The van der Waals surface area contributed by atoms with Gasteiger partial charge in [0.05, 0.1) is 16.7 Å². The first-order valence-corrected chi connectivity index (χ1v) is 7.62. The van der Waals surface area contributed by atoms with Crippen molar-refractivity contribution in [1.29, 1.82) is 0 Å². The van der Waals surface area contributed by atoms with Crippen molar-refractivity contribution in [1.82, 2.24) is 5.32 Å². The van der Waals surface area contributed by atoms with E-state index in [1.54, 1.807) is 0 Å². The first-order chi connectivity index (χ1) is 10.2. The minimum absolute atomic E-state index is 0.385. The van der Waals surface area contributed by atoms with Crippen molar-refractivity contribution in [2.75, 3.05) is 0 Å². The van der Waals surface area contributed by atoms with Crippen LogP contribution in [0.2, 0.25) is 0 Å². The maximum absolute atomic E-state index is 11.0. The lowest BCUT2D eigenvalue weighted by Gasteiger charge is -2.32. The summed E-state index contributed by atoms with van der Waals surface area (Å²) in [6.07, 6.45) is 0.664. The van der Waals surface area contributed by atoms with Crippen LogP contribution in [0.4, 0.5) is 4.79 Å². The smallest absolute Gasteiger partial charge is 0.465 e. The molecule has 0 radical (unpaired) electrons. The molecule has 1 aromatic rings. The molecule has 0 aromatic heterocycles. The van der Waals surface area contributed by atoms with E-state index in [1.165, 1.54) is 0 Å². The van der Waals surface area contributed by atoms with Crippen LogP contribution in [-0.4, -0.2) is 29.5 Å². The zero-order valence-corrected chi connectivity index (χ0v) is 13.5. The van der Waals surface area contributed by atoms with Crippen molar-refractivity contribution in [2.45, 2.75) is 57.3 Å². The summed E-state index contributed by atoms with van der Waals surface area (Å²) in [6, 6.07) is 7.84. The number of carbonyl (C=O) groups is 1. The van der Waals surface area contributed by atoms with Gasteiger partial charge in [0.25, 0.3) is 0 Å². The normalized spacial score (nSPS) is 24.1. The first kappa shape index (κ1) is 15.4. The van der Waals surface area contributed by atoms with Crippen LogP contribution in [0.25, 0.3) is 0 Å². The molecule has 1 aliphatic carbocycles. The topological polar surface area (TPSA) is 67.8 Å². The molecular weight excluding hydrogens is 281 g/mol. The summed E-state index contributed by atoms with van der Waals surface area (Å²) in [5.41, 5.74) is 0.691. The fourth-order valence-corrected chi connectivity index (χ4v) is 2.78. The fraction of sp³-hybridized carbons (Fsp3) is 0.562. The summed E-state index contributed by atoms with van der Waals surface area (Å²) < 4.78 is 12.1. The van der Waals surface area contributed by atoms with Gasteiger partial charge in [-0.3, -0.25) is 0 Å². The van der Waals surface area contributed by atoms with Gasteiger partial charge in [-0.25, -0.2) is 4.79 Å². The van der Waals surface area contributed by atoms with Crippen LogP contribution >= 0.6 is 0 Å². The summed E-state index contributed by atoms with van der Waals surface area (Å²) in [5, 5.41) is 11.6. The average Bonchev–Trinajstić information content (AvgIpc) is 3.13. The van der Waals surface area contributed by atoms with Crippen LogP contribution in [-0.2, 0) is 14.8 Å². The predicted octanol–water partition coefficient (Wildman–Crippen LogP) is 2.24. The van der Waals surface area contributed by atoms with E-state index in [1.807, 2.05) is 52.0 Å². The predicted molar refractivity (Wildman–Crippen MR) is 84.2 cm³/mol. The van der Waals surface area contributed by atoms with Gasteiger partial charge in [0.15, 0.2) is 0 Å². The summed E-state index contributed by atoms with van der Waals surface area (Å²) in [6.45, 7) is 8.08. The highest BCUT2D eigenvalue weighted by Gasteiger charge is 2.52. The minimum atomic E-state index is -0.987. The lowest BCUT2D eigenvalue weighted by atomic mass is 9.77. The molecule has 2 aliphatic rings. The Hall–Kier alpha value is -1.53. The molecule has 22 heavy (non-hydrogen) atoms. The van der Waals surface area contributed by atoms with E-state index in [0.717, 1.165) is 23.9 Å². The highest BCUT2D eigenvalue weighted by molar-refractivity contribution is 6.62. The van der Waals surface area contributed by atoms with Gasteiger partial charge in [0.1, 0.15) is 0 Å². The quantitative estimate of drug-likeness (QED) is 0.840. The number of carboxylic acid groups (broad SMARTS) is 1. The number of amides is 1. The Bertz CT molecular complexity index is 594. The van der Waals surface area contributed by atoms with E-state index in [-0.39, 0.29) is 11.2 Å². The molecule has 1 aromatic carbocycles. The van der Waals surface area contributed by atoms with Crippen LogP contribution in [0.3, 0.4) is 0 Å². The zero-order valence-electron chi connectivity index (χ0n) is 13.5. The number of hydrogen-bond donors (Lipinski definition) is 2. The second-order valence-electron chi connectivity index (χ2n) is 7.23. The fourth-order valence-electron chi connectivity index (χ4n) is 2.78. The van der Waals surface area contributed by atoms with Gasteiger partial charge in [-0.05, 0) is 51.6 Å². The zero-order chi connectivity index (χ0) is 16.2. The van der Waals surface area contributed by atoms with E-state index in [9.17, 15) is 4.79 Å². The molecule has 0 atom stereocenters. The largest absolute Gasteiger partial charge is 0.494 e. The first-order valence-electron chi connectivity index (χ1n) is 7.62. The van der Waals surface area contributed by atoms with Crippen LogP contribution < -0.4 is 10.8 Å². The second-order valence-corrected chi connectivity index (χ2v) is 7.23. The molecule has 1 saturated heterocycles. The Morgan fingerprint density at radius 1 is 1.18 bits per heavy atom. The van der Waals surface area contributed by atoms with Gasteiger partial charge in [-0.1, -0.05) is 24.3 Å². The third kappa shape index (κ3) is 2.50. The monoisotopic (exact) mass is 303 g/mol. The van der Waals surface area contributed by atoms with Crippen molar-refractivity contribution in [3.05, 3.63) is 29.8 Å². The van der Waals surface area contributed by atoms with Crippen molar-refractivity contribution in [3.8, 4) is 0 Å². The molecule has 1 saturated carbocycles. The Morgan fingerprint density at radius 3 is 2.27 bits per heavy atom. The number of nitrogens with one attached hydrogen (secondary N) is 1. The Balaban J connectivity index is 1.86. The molecule has 6 heteroatoms. The molecule has 1 heterocycles. The number of benzene rings is 1. The molecule has 3 rings (SSSR count). The van der Waals surface area contributed by atoms with E-state index < -0.39 is 18.8 Å². The Morgan fingerprint density at radius 2 is 1.77 bits per heavy atom. The Kier molecular flexibility index (Phi) is 3.31. The number of rotatable bonds is 3. The maximum atomic E-state index is 11.0. The van der Waals surface area contributed by atoms with Gasteiger partial charge in [0.2, 0.25) is 0 Å². The van der Waals surface area contributed by atoms with E-state index in [0.29, 0.717) is 0 Å². The molecule has 2 N–H and O–H groups in total. The summed E-state index contributed by atoms with van der Waals surface area (Å²) in [7, 11) is -0.425. The third-order valence-electron chi connectivity index (χ3n) is 5.06. The van der Waals surface area contributed by atoms with Gasteiger partial charge in [0, 0.05) is 0 Å². The molecule has 2 fully saturated rings. The average molecular weight is 303 g/mol. The molecule has 1 amide bonds. The van der Waals surface area contributed by atoms with Crippen LogP contribution in [0.5, 0.6) is 0 Å². The molecule has 1 aliphatic heterocycles. The van der Waals surface area contributed by atoms with Gasteiger partial charge in [-0.15, -0.1) is 0 Å².